The Bertz CT molecular complexity index is 320. The van der Waals surface area contributed by atoms with Gasteiger partial charge >= 0.3 is 0 Å². The van der Waals surface area contributed by atoms with Gasteiger partial charge in [-0.05, 0) is 38.6 Å². The third kappa shape index (κ3) is 1.91. The Balaban J connectivity index is 2.13. The maximum absolute atomic E-state index is 5.85. The molecule has 1 saturated carbocycles. The van der Waals surface area contributed by atoms with E-state index < -0.39 is 0 Å². The lowest BCUT2D eigenvalue weighted by Crippen LogP contribution is -2.40. The van der Waals surface area contributed by atoms with E-state index in [2.05, 4.69) is 23.9 Å². The molecule has 0 bridgehead atoms. The maximum Gasteiger partial charge on any atom is 0.138 e. The normalized spacial score (nSPS) is 19.2. The first-order chi connectivity index (χ1) is 7.17. The molecule has 1 fully saturated rings. The van der Waals surface area contributed by atoms with Crippen LogP contribution in [-0.4, -0.2) is 21.3 Å². The summed E-state index contributed by atoms with van der Waals surface area (Å²) in [6.45, 7) is 5.04. The van der Waals surface area contributed by atoms with Gasteiger partial charge in [-0.2, -0.15) is 5.10 Å². The SMILES string of the molecule is CC(C)n1ncnc1CC1(CN)CCC1. The summed E-state index contributed by atoms with van der Waals surface area (Å²) in [7, 11) is 0. The van der Waals surface area contributed by atoms with Gasteiger partial charge in [-0.15, -0.1) is 0 Å². The Morgan fingerprint density at radius 1 is 1.53 bits per heavy atom. The second-order valence-electron chi connectivity index (χ2n) is 4.95. The van der Waals surface area contributed by atoms with Crippen LogP contribution in [-0.2, 0) is 6.42 Å². The molecule has 1 aromatic rings. The molecular weight excluding hydrogens is 188 g/mol. The highest BCUT2D eigenvalue weighted by molar-refractivity contribution is 4.99. The van der Waals surface area contributed by atoms with Gasteiger partial charge in [0.1, 0.15) is 12.2 Å². The number of rotatable bonds is 4. The van der Waals surface area contributed by atoms with Gasteiger partial charge in [-0.25, -0.2) is 9.67 Å². The molecule has 84 valence electrons. The van der Waals surface area contributed by atoms with Crippen molar-refractivity contribution >= 4 is 0 Å². The molecule has 4 heteroatoms. The summed E-state index contributed by atoms with van der Waals surface area (Å²) in [4.78, 5) is 4.35. The third-order valence-corrected chi connectivity index (χ3v) is 3.52. The van der Waals surface area contributed by atoms with E-state index in [1.807, 2.05) is 4.68 Å². The van der Waals surface area contributed by atoms with E-state index in [1.165, 1.54) is 19.3 Å². The molecule has 2 rings (SSSR count). The van der Waals surface area contributed by atoms with Crippen LogP contribution >= 0.6 is 0 Å². The molecule has 1 heterocycles. The van der Waals surface area contributed by atoms with Crippen LogP contribution < -0.4 is 5.73 Å². The molecule has 1 aliphatic carbocycles. The lowest BCUT2D eigenvalue weighted by molar-refractivity contribution is 0.138. The first kappa shape index (κ1) is 10.6. The molecule has 0 aromatic carbocycles. The lowest BCUT2D eigenvalue weighted by Gasteiger charge is -2.40. The van der Waals surface area contributed by atoms with Crippen LogP contribution in [0.15, 0.2) is 6.33 Å². The fraction of sp³-hybridized carbons (Fsp3) is 0.818. The first-order valence-corrected chi connectivity index (χ1v) is 5.75. The van der Waals surface area contributed by atoms with Gasteiger partial charge in [-0.1, -0.05) is 6.42 Å². The van der Waals surface area contributed by atoms with Crippen molar-refractivity contribution in [3.63, 3.8) is 0 Å². The predicted molar refractivity (Wildman–Crippen MR) is 59.4 cm³/mol. The fourth-order valence-electron chi connectivity index (χ4n) is 2.30. The molecule has 0 aliphatic heterocycles. The largest absolute Gasteiger partial charge is 0.330 e. The molecule has 0 radical (unpaired) electrons. The van der Waals surface area contributed by atoms with Gasteiger partial charge in [0.2, 0.25) is 0 Å². The van der Waals surface area contributed by atoms with Gasteiger partial charge in [-0.3, -0.25) is 0 Å². The summed E-state index contributed by atoms with van der Waals surface area (Å²) >= 11 is 0. The number of nitrogens with zero attached hydrogens (tertiary/aromatic N) is 3. The van der Waals surface area contributed by atoms with E-state index in [4.69, 9.17) is 5.73 Å². The number of hydrogen-bond acceptors (Lipinski definition) is 3. The summed E-state index contributed by atoms with van der Waals surface area (Å²) in [5, 5.41) is 4.26. The minimum absolute atomic E-state index is 0.319. The molecule has 0 atom stereocenters. The highest BCUT2D eigenvalue weighted by atomic mass is 15.3. The zero-order valence-electron chi connectivity index (χ0n) is 9.61. The van der Waals surface area contributed by atoms with Crippen molar-refractivity contribution in [3.8, 4) is 0 Å². The van der Waals surface area contributed by atoms with Crippen LogP contribution in [0.5, 0.6) is 0 Å². The summed E-state index contributed by atoms with van der Waals surface area (Å²) in [5.74, 6) is 1.09. The lowest BCUT2D eigenvalue weighted by atomic mass is 9.66. The van der Waals surface area contributed by atoms with Gasteiger partial charge in [0.15, 0.2) is 0 Å². The smallest absolute Gasteiger partial charge is 0.138 e. The molecular formula is C11H20N4. The van der Waals surface area contributed by atoms with Gasteiger partial charge in [0, 0.05) is 12.5 Å². The monoisotopic (exact) mass is 208 g/mol. The molecule has 4 nitrogen and oxygen atoms in total. The number of hydrogen-bond donors (Lipinski definition) is 1. The standard InChI is InChI=1S/C11H20N4/c1-9(2)15-10(13-8-14-15)6-11(7-12)4-3-5-11/h8-9H,3-7,12H2,1-2H3. The van der Waals surface area contributed by atoms with Crippen LogP contribution in [0.3, 0.4) is 0 Å². The average molecular weight is 208 g/mol. The maximum atomic E-state index is 5.85. The van der Waals surface area contributed by atoms with E-state index in [0.29, 0.717) is 11.5 Å². The van der Waals surface area contributed by atoms with Crippen molar-refractivity contribution in [2.45, 2.75) is 45.6 Å². The van der Waals surface area contributed by atoms with Gasteiger partial charge in [0.05, 0.1) is 0 Å². The van der Waals surface area contributed by atoms with E-state index in [0.717, 1.165) is 18.8 Å². The van der Waals surface area contributed by atoms with Crippen molar-refractivity contribution < 1.29 is 0 Å². The Morgan fingerprint density at radius 3 is 2.73 bits per heavy atom. The molecule has 0 saturated heterocycles. The predicted octanol–water partition coefficient (Wildman–Crippen LogP) is 1.53. The van der Waals surface area contributed by atoms with Crippen LogP contribution in [0, 0.1) is 5.41 Å². The molecule has 0 unspecified atom stereocenters. The van der Waals surface area contributed by atoms with E-state index in [-0.39, 0.29) is 0 Å². The Kier molecular flexibility index (Phi) is 2.78. The highest BCUT2D eigenvalue weighted by Gasteiger charge is 2.37. The summed E-state index contributed by atoms with van der Waals surface area (Å²) in [5.41, 5.74) is 6.17. The van der Waals surface area contributed by atoms with Crippen LogP contribution in [0.2, 0.25) is 0 Å². The topological polar surface area (TPSA) is 56.7 Å². The Hall–Kier alpha value is -0.900. The van der Waals surface area contributed by atoms with Crippen molar-refractivity contribution in [2.24, 2.45) is 11.1 Å². The quantitative estimate of drug-likeness (QED) is 0.816. The number of aromatic nitrogens is 3. The zero-order valence-corrected chi connectivity index (χ0v) is 9.61. The second-order valence-corrected chi connectivity index (χ2v) is 4.95. The van der Waals surface area contributed by atoms with E-state index >= 15 is 0 Å². The van der Waals surface area contributed by atoms with Crippen molar-refractivity contribution in [1.29, 1.82) is 0 Å². The van der Waals surface area contributed by atoms with Crippen LogP contribution in [0.25, 0.3) is 0 Å². The van der Waals surface area contributed by atoms with E-state index in [9.17, 15) is 0 Å². The summed E-state index contributed by atoms with van der Waals surface area (Å²) in [6, 6.07) is 0.386. The van der Waals surface area contributed by atoms with Crippen LogP contribution in [0.1, 0.15) is 45.0 Å². The zero-order chi connectivity index (χ0) is 10.9. The second kappa shape index (κ2) is 3.93. The summed E-state index contributed by atoms with van der Waals surface area (Å²) < 4.78 is 2.01. The van der Waals surface area contributed by atoms with Crippen molar-refractivity contribution in [3.05, 3.63) is 12.2 Å². The minimum Gasteiger partial charge on any atom is -0.330 e. The third-order valence-electron chi connectivity index (χ3n) is 3.52. The molecule has 2 N–H and O–H groups in total. The number of nitrogens with two attached hydrogens (primary N) is 1. The molecule has 1 aliphatic rings. The highest BCUT2D eigenvalue weighted by Crippen LogP contribution is 2.42. The minimum atomic E-state index is 0.319. The van der Waals surface area contributed by atoms with Gasteiger partial charge in [0.25, 0.3) is 0 Å². The molecule has 15 heavy (non-hydrogen) atoms. The van der Waals surface area contributed by atoms with Crippen molar-refractivity contribution in [2.75, 3.05) is 6.54 Å². The van der Waals surface area contributed by atoms with E-state index in [1.54, 1.807) is 6.33 Å². The average Bonchev–Trinajstić information content (AvgIpc) is 2.59. The Morgan fingerprint density at radius 2 is 2.27 bits per heavy atom. The van der Waals surface area contributed by atoms with Crippen molar-refractivity contribution in [1.82, 2.24) is 14.8 Å². The van der Waals surface area contributed by atoms with Gasteiger partial charge < -0.3 is 5.73 Å². The molecule has 0 amide bonds. The Labute approximate surface area is 90.9 Å². The molecule has 1 aromatic heterocycles. The van der Waals surface area contributed by atoms with Crippen LogP contribution in [0.4, 0.5) is 0 Å². The fourth-order valence-corrected chi connectivity index (χ4v) is 2.30. The first-order valence-electron chi connectivity index (χ1n) is 5.75. The molecule has 0 spiro atoms. The summed E-state index contributed by atoms with van der Waals surface area (Å²) in [6.07, 6.45) is 6.44.